The minimum atomic E-state index is -3.74. The molecule has 0 aliphatic carbocycles. The second kappa shape index (κ2) is 8.61. The lowest BCUT2D eigenvalue weighted by atomic mass is 9.91. The molecule has 1 saturated heterocycles. The van der Waals surface area contributed by atoms with E-state index in [1.54, 1.807) is 24.3 Å². The largest absolute Gasteiger partial charge is 0.338 e. The first kappa shape index (κ1) is 20.1. The Labute approximate surface area is 167 Å². The fraction of sp³-hybridized carbons (Fsp3) is 0.318. The summed E-state index contributed by atoms with van der Waals surface area (Å²) < 4.78 is 27.5. The molecule has 2 aromatic carbocycles. The standard InChI is InChI=1S/C22H26N2O3S/c1-17-14-18(2)16-24(15-17)22(25)20-10-6-7-11-21(20)23-28(26,27)13-12-19-8-4-3-5-9-19/h3-13,17-18,23H,14-16H2,1-2H3. The van der Waals surface area contributed by atoms with E-state index < -0.39 is 10.0 Å². The molecule has 1 amide bonds. The highest BCUT2D eigenvalue weighted by atomic mass is 32.2. The molecule has 148 valence electrons. The normalized spacial score (nSPS) is 20.3. The van der Waals surface area contributed by atoms with Crippen LogP contribution in [0.4, 0.5) is 5.69 Å². The minimum Gasteiger partial charge on any atom is -0.338 e. The van der Waals surface area contributed by atoms with Gasteiger partial charge in [0.25, 0.3) is 15.9 Å². The number of hydrogen-bond donors (Lipinski definition) is 1. The minimum absolute atomic E-state index is 0.135. The third-order valence-corrected chi connectivity index (χ3v) is 5.80. The highest BCUT2D eigenvalue weighted by Gasteiger charge is 2.27. The SMILES string of the molecule is CC1CC(C)CN(C(=O)c2ccccc2NS(=O)(=O)C=Cc2ccccc2)C1. The lowest BCUT2D eigenvalue weighted by Gasteiger charge is -2.35. The smallest absolute Gasteiger partial charge is 0.256 e. The third-order valence-electron chi connectivity index (χ3n) is 4.80. The molecule has 3 rings (SSSR count). The highest BCUT2D eigenvalue weighted by molar-refractivity contribution is 7.95. The number of nitrogens with one attached hydrogen (secondary N) is 1. The summed E-state index contributed by atoms with van der Waals surface area (Å²) in [5.74, 6) is 0.736. The maximum atomic E-state index is 13.0. The number of nitrogens with zero attached hydrogens (tertiary/aromatic N) is 1. The van der Waals surface area contributed by atoms with Crippen LogP contribution in [0.3, 0.4) is 0 Å². The Bertz CT molecular complexity index is 945. The Morgan fingerprint density at radius 1 is 1.00 bits per heavy atom. The number of sulfonamides is 1. The summed E-state index contributed by atoms with van der Waals surface area (Å²) in [6.07, 6.45) is 2.63. The van der Waals surface area contributed by atoms with Crippen LogP contribution in [0.1, 0.15) is 36.2 Å². The Morgan fingerprint density at radius 2 is 1.61 bits per heavy atom. The number of piperidine rings is 1. The van der Waals surface area contributed by atoms with Gasteiger partial charge in [-0.1, -0.05) is 56.3 Å². The van der Waals surface area contributed by atoms with Gasteiger partial charge in [0.1, 0.15) is 0 Å². The fourth-order valence-corrected chi connectivity index (χ4v) is 4.57. The first-order valence-electron chi connectivity index (χ1n) is 9.48. The molecule has 6 heteroatoms. The van der Waals surface area contributed by atoms with Gasteiger partial charge in [-0.3, -0.25) is 9.52 Å². The summed E-state index contributed by atoms with van der Waals surface area (Å²) in [7, 11) is -3.74. The summed E-state index contributed by atoms with van der Waals surface area (Å²) in [5.41, 5.74) is 1.46. The molecule has 1 heterocycles. The highest BCUT2D eigenvalue weighted by Crippen LogP contribution is 2.25. The Hall–Kier alpha value is -2.60. The first-order chi connectivity index (χ1) is 13.3. The lowest BCUT2D eigenvalue weighted by molar-refractivity contribution is 0.0624. The van der Waals surface area contributed by atoms with Gasteiger partial charge in [-0.25, -0.2) is 8.42 Å². The van der Waals surface area contributed by atoms with E-state index in [0.29, 0.717) is 36.2 Å². The molecule has 2 aromatic rings. The van der Waals surface area contributed by atoms with E-state index in [1.165, 1.54) is 6.08 Å². The van der Waals surface area contributed by atoms with Crippen molar-refractivity contribution in [2.24, 2.45) is 11.8 Å². The van der Waals surface area contributed by atoms with Gasteiger partial charge in [-0.2, -0.15) is 0 Å². The predicted molar refractivity (Wildman–Crippen MR) is 113 cm³/mol. The summed E-state index contributed by atoms with van der Waals surface area (Å²) in [6.45, 7) is 5.66. The number of benzene rings is 2. The van der Waals surface area contributed by atoms with E-state index >= 15 is 0 Å². The van der Waals surface area contributed by atoms with E-state index in [4.69, 9.17) is 0 Å². The molecule has 0 aromatic heterocycles. The summed E-state index contributed by atoms with van der Waals surface area (Å²) in [5, 5.41) is 1.12. The molecule has 2 unspecified atom stereocenters. The van der Waals surface area contributed by atoms with Gasteiger partial charge >= 0.3 is 0 Å². The summed E-state index contributed by atoms with van der Waals surface area (Å²) in [4.78, 5) is 14.9. The van der Waals surface area contributed by atoms with Gasteiger partial charge < -0.3 is 4.90 Å². The number of anilines is 1. The van der Waals surface area contributed by atoms with Gasteiger partial charge in [0.2, 0.25) is 0 Å². The number of likely N-dealkylation sites (tertiary alicyclic amines) is 1. The van der Waals surface area contributed by atoms with Crippen LogP contribution in [-0.4, -0.2) is 32.3 Å². The van der Waals surface area contributed by atoms with Gasteiger partial charge in [-0.05, 0) is 42.0 Å². The Balaban J connectivity index is 1.80. The van der Waals surface area contributed by atoms with Crippen LogP contribution in [0, 0.1) is 11.8 Å². The van der Waals surface area contributed by atoms with Crippen LogP contribution in [0.15, 0.2) is 60.0 Å². The second-order valence-electron chi connectivity index (χ2n) is 7.56. The van der Waals surface area contributed by atoms with Crippen molar-refractivity contribution in [3.8, 4) is 0 Å². The molecule has 0 saturated carbocycles. The maximum Gasteiger partial charge on any atom is 0.256 e. The van der Waals surface area contributed by atoms with E-state index in [9.17, 15) is 13.2 Å². The number of para-hydroxylation sites is 1. The monoisotopic (exact) mass is 398 g/mol. The van der Waals surface area contributed by atoms with E-state index in [-0.39, 0.29) is 5.91 Å². The molecular formula is C22H26N2O3S. The van der Waals surface area contributed by atoms with Crippen molar-refractivity contribution >= 4 is 27.7 Å². The molecule has 0 radical (unpaired) electrons. The Kier molecular flexibility index (Phi) is 6.19. The second-order valence-corrected chi connectivity index (χ2v) is 9.13. The fourth-order valence-electron chi connectivity index (χ4n) is 3.68. The molecule has 0 bridgehead atoms. The molecule has 1 N–H and O–H groups in total. The third kappa shape index (κ3) is 5.23. The zero-order valence-electron chi connectivity index (χ0n) is 16.2. The van der Waals surface area contributed by atoms with Crippen molar-refractivity contribution in [1.82, 2.24) is 4.90 Å². The molecule has 1 aliphatic heterocycles. The van der Waals surface area contributed by atoms with Crippen molar-refractivity contribution in [1.29, 1.82) is 0 Å². The molecule has 1 aliphatic rings. The topological polar surface area (TPSA) is 66.5 Å². The number of amides is 1. The van der Waals surface area contributed by atoms with Crippen LogP contribution in [0.2, 0.25) is 0 Å². The quantitative estimate of drug-likeness (QED) is 0.820. The van der Waals surface area contributed by atoms with Crippen molar-refractivity contribution in [3.63, 3.8) is 0 Å². The Morgan fingerprint density at radius 3 is 2.29 bits per heavy atom. The molecule has 1 fully saturated rings. The predicted octanol–water partition coefficient (Wildman–Crippen LogP) is 4.22. The van der Waals surface area contributed by atoms with E-state index in [1.807, 2.05) is 35.2 Å². The number of carbonyl (C=O) groups excluding carboxylic acids is 1. The van der Waals surface area contributed by atoms with Crippen LogP contribution in [0.5, 0.6) is 0 Å². The number of carbonyl (C=O) groups is 1. The van der Waals surface area contributed by atoms with E-state index in [2.05, 4.69) is 18.6 Å². The van der Waals surface area contributed by atoms with Crippen molar-refractivity contribution in [2.75, 3.05) is 17.8 Å². The van der Waals surface area contributed by atoms with Crippen LogP contribution in [0.25, 0.3) is 6.08 Å². The zero-order chi connectivity index (χ0) is 20.1. The van der Waals surface area contributed by atoms with Gasteiger partial charge in [0.05, 0.1) is 16.7 Å². The van der Waals surface area contributed by atoms with Crippen LogP contribution >= 0.6 is 0 Å². The average molecular weight is 399 g/mol. The van der Waals surface area contributed by atoms with Crippen LogP contribution < -0.4 is 4.72 Å². The van der Waals surface area contributed by atoms with Crippen molar-refractivity contribution in [2.45, 2.75) is 20.3 Å². The van der Waals surface area contributed by atoms with E-state index in [0.717, 1.165) is 17.4 Å². The van der Waals surface area contributed by atoms with Gasteiger partial charge in [0, 0.05) is 13.1 Å². The lowest BCUT2D eigenvalue weighted by Crippen LogP contribution is -2.42. The number of hydrogen-bond acceptors (Lipinski definition) is 3. The molecule has 0 spiro atoms. The van der Waals surface area contributed by atoms with Gasteiger partial charge in [-0.15, -0.1) is 0 Å². The zero-order valence-corrected chi connectivity index (χ0v) is 17.0. The summed E-state index contributed by atoms with van der Waals surface area (Å²) in [6, 6.07) is 16.0. The van der Waals surface area contributed by atoms with Crippen molar-refractivity contribution in [3.05, 3.63) is 71.1 Å². The summed E-state index contributed by atoms with van der Waals surface area (Å²) >= 11 is 0. The molecular weight excluding hydrogens is 372 g/mol. The number of rotatable bonds is 5. The average Bonchev–Trinajstić information content (AvgIpc) is 2.66. The first-order valence-corrected chi connectivity index (χ1v) is 11.0. The van der Waals surface area contributed by atoms with Crippen LogP contribution in [-0.2, 0) is 10.0 Å². The molecule has 2 atom stereocenters. The molecule has 5 nitrogen and oxygen atoms in total. The van der Waals surface area contributed by atoms with Crippen molar-refractivity contribution < 1.29 is 13.2 Å². The van der Waals surface area contributed by atoms with Gasteiger partial charge in [0.15, 0.2) is 0 Å². The maximum absolute atomic E-state index is 13.0. The molecule has 28 heavy (non-hydrogen) atoms.